The molecule has 2 nitrogen and oxygen atoms in total. The van der Waals surface area contributed by atoms with E-state index in [2.05, 4.69) is 6.58 Å². The zero-order chi connectivity index (χ0) is 9.55. The van der Waals surface area contributed by atoms with Crippen molar-refractivity contribution >= 4 is 5.97 Å². The molecule has 4 atom stereocenters. The van der Waals surface area contributed by atoms with Gasteiger partial charge in [-0.05, 0) is 19.3 Å². The zero-order valence-electron chi connectivity index (χ0n) is 8.21. The van der Waals surface area contributed by atoms with Crippen molar-refractivity contribution in [3.05, 3.63) is 12.2 Å². The summed E-state index contributed by atoms with van der Waals surface area (Å²) < 4.78 is 5.51. The highest BCUT2D eigenvalue weighted by molar-refractivity contribution is 5.88. The van der Waals surface area contributed by atoms with Crippen molar-refractivity contribution in [3.8, 4) is 0 Å². The van der Waals surface area contributed by atoms with Gasteiger partial charge in [-0.2, -0.15) is 0 Å². The monoisotopic (exact) mass is 190 g/mol. The first kappa shape index (κ1) is 7.49. The molecule has 1 saturated heterocycles. The molecule has 0 radical (unpaired) electrons. The molecule has 4 bridgehead atoms. The summed E-state index contributed by atoms with van der Waals surface area (Å²) in [6.07, 6.45) is 5.94. The molecule has 14 heavy (non-hydrogen) atoms. The lowest BCUT2D eigenvalue weighted by molar-refractivity contribution is -0.161. The quantitative estimate of drug-likeness (QED) is 0.431. The molecule has 5 aliphatic rings. The lowest BCUT2D eigenvalue weighted by atomic mass is 9.42. The van der Waals surface area contributed by atoms with Gasteiger partial charge in [0.25, 0.3) is 0 Å². The van der Waals surface area contributed by atoms with Crippen LogP contribution in [0.25, 0.3) is 0 Å². The molecule has 4 saturated carbocycles. The van der Waals surface area contributed by atoms with Crippen LogP contribution in [0.1, 0.15) is 32.1 Å². The normalized spacial score (nSPS) is 58.0. The van der Waals surface area contributed by atoms with Crippen molar-refractivity contribution in [1.29, 1.82) is 0 Å². The third-order valence-corrected chi connectivity index (χ3v) is 5.39. The molecule has 0 aromatic carbocycles. The van der Waals surface area contributed by atoms with Gasteiger partial charge in [0, 0.05) is 11.3 Å². The number of esters is 1. The fourth-order valence-electron chi connectivity index (χ4n) is 4.94. The SMILES string of the molecule is C=C1[C@H]2C[C@@H]3OC(=O)[C@]24CCCC[C@@]134. The Balaban J connectivity index is 1.98. The minimum Gasteiger partial charge on any atom is -0.461 e. The fourth-order valence-corrected chi connectivity index (χ4v) is 4.94. The third-order valence-electron chi connectivity index (χ3n) is 5.39. The van der Waals surface area contributed by atoms with Crippen molar-refractivity contribution in [2.75, 3.05) is 0 Å². The summed E-state index contributed by atoms with van der Waals surface area (Å²) >= 11 is 0. The summed E-state index contributed by atoms with van der Waals surface area (Å²) in [5.41, 5.74) is 1.35. The third kappa shape index (κ3) is 0.413. The first-order valence-corrected chi connectivity index (χ1v) is 5.64. The van der Waals surface area contributed by atoms with Crippen molar-refractivity contribution in [3.63, 3.8) is 0 Å². The summed E-state index contributed by atoms with van der Waals surface area (Å²) in [6.45, 7) is 4.20. The van der Waals surface area contributed by atoms with E-state index in [1.807, 2.05) is 0 Å². The second-order valence-corrected chi connectivity index (χ2v) is 5.36. The minimum atomic E-state index is -0.0903. The standard InChI is InChI=1S/C12H14O2/c1-7-8-6-9-11(7)4-2-3-5-12(8,11)10(13)14-9/h8-9H,1-6H2/t8-,9+,11-,12+/m1/s1. The van der Waals surface area contributed by atoms with E-state index in [0.717, 1.165) is 19.3 Å². The van der Waals surface area contributed by atoms with E-state index in [-0.39, 0.29) is 22.9 Å². The van der Waals surface area contributed by atoms with Crippen LogP contribution in [0.4, 0.5) is 0 Å². The molecule has 0 amide bonds. The van der Waals surface area contributed by atoms with Gasteiger partial charge in [-0.15, -0.1) is 0 Å². The van der Waals surface area contributed by atoms with Gasteiger partial charge in [-0.1, -0.05) is 25.0 Å². The Morgan fingerprint density at radius 2 is 2.00 bits per heavy atom. The Bertz CT molecular complexity index is 357. The Hall–Kier alpha value is -0.790. The molecule has 2 heteroatoms. The predicted molar refractivity (Wildman–Crippen MR) is 50.5 cm³/mol. The fraction of sp³-hybridized carbons (Fsp3) is 0.750. The average molecular weight is 190 g/mol. The van der Waals surface area contributed by atoms with E-state index < -0.39 is 0 Å². The smallest absolute Gasteiger partial charge is 0.314 e. The molecule has 5 fully saturated rings. The highest BCUT2D eigenvalue weighted by Gasteiger charge is 2.85. The van der Waals surface area contributed by atoms with Gasteiger partial charge in [0.1, 0.15) is 6.10 Å². The average Bonchev–Trinajstić information content (AvgIpc) is 2.72. The molecule has 0 aromatic heterocycles. The zero-order valence-corrected chi connectivity index (χ0v) is 8.21. The van der Waals surface area contributed by atoms with Crippen LogP contribution in [-0.2, 0) is 9.53 Å². The number of ether oxygens (including phenoxy) is 1. The van der Waals surface area contributed by atoms with Gasteiger partial charge in [0.2, 0.25) is 0 Å². The van der Waals surface area contributed by atoms with Gasteiger partial charge >= 0.3 is 5.97 Å². The molecule has 0 N–H and O–H groups in total. The van der Waals surface area contributed by atoms with Crippen LogP contribution in [0, 0.1) is 16.7 Å². The van der Waals surface area contributed by atoms with Crippen LogP contribution in [0.2, 0.25) is 0 Å². The van der Waals surface area contributed by atoms with Crippen molar-refractivity contribution in [2.24, 2.45) is 16.7 Å². The topological polar surface area (TPSA) is 26.3 Å². The highest BCUT2D eigenvalue weighted by Crippen LogP contribution is 2.82. The molecule has 5 rings (SSSR count). The Morgan fingerprint density at radius 3 is 2.71 bits per heavy atom. The molecule has 0 aromatic rings. The molecule has 0 unspecified atom stereocenters. The van der Waals surface area contributed by atoms with Crippen LogP contribution in [0.5, 0.6) is 0 Å². The van der Waals surface area contributed by atoms with Gasteiger partial charge < -0.3 is 4.74 Å². The van der Waals surface area contributed by atoms with Crippen molar-refractivity contribution in [2.45, 2.75) is 38.2 Å². The summed E-state index contributed by atoms with van der Waals surface area (Å²) in [6, 6.07) is 0. The van der Waals surface area contributed by atoms with Crippen molar-refractivity contribution in [1.82, 2.24) is 0 Å². The number of carbonyl (C=O) groups is 1. The number of carbonyl (C=O) groups excluding carboxylic acids is 1. The lowest BCUT2D eigenvalue weighted by Gasteiger charge is -2.57. The number of hydrogen-bond acceptors (Lipinski definition) is 2. The van der Waals surface area contributed by atoms with Crippen LogP contribution in [-0.4, -0.2) is 12.1 Å². The second-order valence-electron chi connectivity index (χ2n) is 5.36. The van der Waals surface area contributed by atoms with Crippen LogP contribution < -0.4 is 0 Å². The van der Waals surface area contributed by atoms with Crippen LogP contribution in [0.15, 0.2) is 12.2 Å². The summed E-state index contributed by atoms with van der Waals surface area (Å²) in [5, 5.41) is 0. The first-order valence-electron chi connectivity index (χ1n) is 5.64. The van der Waals surface area contributed by atoms with Gasteiger partial charge in [0.15, 0.2) is 0 Å². The van der Waals surface area contributed by atoms with E-state index in [1.165, 1.54) is 18.4 Å². The maximum Gasteiger partial charge on any atom is 0.314 e. The molecule has 1 heterocycles. The first-order chi connectivity index (χ1) is 6.73. The van der Waals surface area contributed by atoms with E-state index >= 15 is 0 Å². The van der Waals surface area contributed by atoms with E-state index in [1.54, 1.807) is 0 Å². The van der Waals surface area contributed by atoms with Gasteiger partial charge in [-0.25, -0.2) is 0 Å². The molecular weight excluding hydrogens is 176 g/mol. The molecule has 4 aliphatic carbocycles. The van der Waals surface area contributed by atoms with Gasteiger partial charge in [-0.3, -0.25) is 4.79 Å². The Kier molecular flexibility index (Phi) is 0.963. The Morgan fingerprint density at radius 1 is 1.29 bits per heavy atom. The lowest BCUT2D eigenvalue weighted by Crippen LogP contribution is -2.58. The van der Waals surface area contributed by atoms with E-state index in [0.29, 0.717) is 5.92 Å². The van der Waals surface area contributed by atoms with Crippen molar-refractivity contribution < 1.29 is 9.53 Å². The highest BCUT2D eigenvalue weighted by atomic mass is 16.6. The summed E-state index contributed by atoms with van der Waals surface area (Å²) in [7, 11) is 0. The Labute approximate surface area is 83.3 Å². The summed E-state index contributed by atoms with van der Waals surface area (Å²) in [5.74, 6) is 0.583. The maximum atomic E-state index is 11.9. The summed E-state index contributed by atoms with van der Waals surface area (Å²) in [4.78, 5) is 11.9. The predicted octanol–water partition coefficient (Wildman–Crippen LogP) is 2.05. The minimum absolute atomic E-state index is 0.0903. The van der Waals surface area contributed by atoms with E-state index in [4.69, 9.17) is 4.74 Å². The van der Waals surface area contributed by atoms with Crippen LogP contribution in [0.3, 0.4) is 0 Å². The molecule has 1 aliphatic heterocycles. The maximum absolute atomic E-state index is 11.9. The number of rotatable bonds is 0. The van der Waals surface area contributed by atoms with E-state index in [9.17, 15) is 4.79 Å². The molecule has 74 valence electrons. The molecule has 1 spiro atoms. The van der Waals surface area contributed by atoms with Crippen LogP contribution >= 0.6 is 0 Å². The van der Waals surface area contributed by atoms with Gasteiger partial charge in [0.05, 0.1) is 5.41 Å². The molecular formula is C12H14O2. The second kappa shape index (κ2) is 1.80. The number of hydrogen-bond donors (Lipinski definition) is 0. The largest absolute Gasteiger partial charge is 0.461 e.